The Labute approximate surface area is 134 Å². The summed E-state index contributed by atoms with van der Waals surface area (Å²) in [6, 6.07) is 4.38. The van der Waals surface area contributed by atoms with E-state index in [0.29, 0.717) is 5.02 Å². The van der Waals surface area contributed by atoms with Gasteiger partial charge in [-0.3, -0.25) is 0 Å². The topological polar surface area (TPSA) is 54.4 Å². The molecule has 0 bridgehead atoms. The van der Waals surface area contributed by atoms with Crippen molar-refractivity contribution in [2.45, 2.75) is 15.2 Å². The lowest BCUT2D eigenvalue weighted by Gasteiger charge is -2.26. The Morgan fingerprint density at radius 1 is 1.44 bits per heavy atom. The van der Waals surface area contributed by atoms with Crippen LogP contribution in [0.1, 0.15) is 18.6 Å². The minimum atomic E-state index is -3.66. The predicted octanol–water partition coefficient (Wildman–Crippen LogP) is 3.79. The van der Waals surface area contributed by atoms with Crippen LogP contribution in [-0.2, 0) is 9.84 Å². The maximum atomic E-state index is 11.8. The van der Waals surface area contributed by atoms with Crippen LogP contribution < -0.4 is 0 Å². The van der Waals surface area contributed by atoms with Crippen LogP contribution in [0.3, 0.4) is 0 Å². The molecule has 8 heteroatoms. The van der Waals surface area contributed by atoms with Crippen molar-refractivity contribution in [3.63, 3.8) is 0 Å². The van der Waals surface area contributed by atoms with Gasteiger partial charge in [0.1, 0.15) is 6.10 Å². The largest absolute Gasteiger partial charge is 0.385 e. The maximum absolute atomic E-state index is 11.8. The molecule has 2 atom stereocenters. The molecule has 0 aliphatic rings. The Morgan fingerprint density at radius 3 is 2.44 bits per heavy atom. The number of rotatable bonds is 4. The molecule has 0 spiro atoms. The van der Waals surface area contributed by atoms with Gasteiger partial charge >= 0.3 is 0 Å². The second-order valence-electron chi connectivity index (χ2n) is 3.53. The van der Waals surface area contributed by atoms with Gasteiger partial charge in [-0.1, -0.05) is 47.8 Å². The summed E-state index contributed by atoms with van der Waals surface area (Å²) in [6.07, 6.45) is -1.45. The summed E-state index contributed by atoms with van der Waals surface area (Å²) >= 11 is 19.1. The molecule has 1 N–H and O–H groups in total. The molecule has 3 nitrogen and oxygen atoms in total. The summed E-state index contributed by atoms with van der Waals surface area (Å²) in [5.74, 6) is -0.179. The van der Waals surface area contributed by atoms with Gasteiger partial charge in [0.2, 0.25) is 2.21 Å². The zero-order chi connectivity index (χ0) is 14.1. The van der Waals surface area contributed by atoms with Crippen molar-refractivity contribution in [3.8, 4) is 0 Å². The second-order valence-corrected chi connectivity index (χ2v) is 10.7. The number of halogens is 4. The van der Waals surface area contributed by atoms with Crippen molar-refractivity contribution < 1.29 is 13.5 Å². The number of hydrogen-bond donors (Lipinski definition) is 1. The maximum Gasteiger partial charge on any atom is 0.225 e. The third-order valence-electron chi connectivity index (χ3n) is 2.37. The Kier molecular flexibility index (Phi) is 5.61. The molecule has 1 aromatic carbocycles. The van der Waals surface area contributed by atoms with E-state index >= 15 is 0 Å². The van der Waals surface area contributed by atoms with Gasteiger partial charge in [0.15, 0.2) is 9.84 Å². The third kappa shape index (κ3) is 3.24. The van der Waals surface area contributed by atoms with E-state index in [-0.39, 0.29) is 16.3 Å². The van der Waals surface area contributed by atoms with Crippen molar-refractivity contribution in [1.82, 2.24) is 0 Å². The van der Waals surface area contributed by atoms with E-state index in [2.05, 4.69) is 0 Å². The van der Waals surface area contributed by atoms with Gasteiger partial charge in [-0.15, -0.1) is 0 Å². The van der Waals surface area contributed by atoms with E-state index in [1.54, 1.807) is 0 Å². The molecule has 1 rings (SSSR count). The molecule has 0 fully saturated rings. The van der Waals surface area contributed by atoms with Gasteiger partial charge in [-0.05, 0) is 34.7 Å². The fourth-order valence-electron chi connectivity index (χ4n) is 1.27. The predicted molar refractivity (Wildman–Crippen MR) is 83.5 cm³/mol. The SMILES string of the molecule is CCS(=O)(=O)[C@@](Cl)(I)[C@@H](O)c1ccc(Cl)cc1Cl. The van der Waals surface area contributed by atoms with Crippen LogP contribution in [0.15, 0.2) is 18.2 Å². The van der Waals surface area contributed by atoms with Crippen LogP contribution in [0.2, 0.25) is 10.0 Å². The summed E-state index contributed by atoms with van der Waals surface area (Å²) < 4.78 is 21.8. The molecule has 0 aliphatic carbocycles. The van der Waals surface area contributed by atoms with Crippen LogP contribution >= 0.6 is 57.4 Å². The minimum absolute atomic E-state index is 0.169. The molecule has 102 valence electrons. The van der Waals surface area contributed by atoms with Gasteiger partial charge < -0.3 is 5.11 Å². The highest BCUT2D eigenvalue weighted by molar-refractivity contribution is 14.1. The fraction of sp³-hybridized carbons (Fsp3) is 0.400. The van der Waals surface area contributed by atoms with Gasteiger partial charge in [0.25, 0.3) is 0 Å². The van der Waals surface area contributed by atoms with Crippen molar-refractivity contribution >= 4 is 67.2 Å². The number of alkyl halides is 2. The van der Waals surface area contributed by atoms with Crippen LogP contribution in [0.25, 0.3) is 0 Å². The molecule has 0 aromatic heterocycles. The summed E-state index contributed by atoms with van der Waals surface area (Å²) in [6.45, 7) is 1.46. The van der Waals surface area contributed by atoms with E-state index in [4.69, 9.17) is 34.8 Å². The molecular weight excluding hydrogens is 433 g/mol. The fourth-order valence-corrected chi connectivity index (χ4v) is 4.35. The number of aliphatic hydroxyl groups excluding tert-OH is 1. The Balaban J connectivity index is 3.26. The summed E-state index contributed by atoms with van der Waals surface area (Å²) in [5, 5.41) is 10.7. The first-order valence-electron chi connectivity index (χ1n) is 4.86. The second kappa shape index (κ2) is 6.01. The zero-order valence-corrected chi connectivity index (χ0v) is 14.4. The van der Waals surface area contributed by atoms with E-state index in [0.717, 1.165) is 0 Å². The first-order valence-corrected chi connectivity index (χ1v) is 8.73. The van der Waals surface area contributed by atoms with Gasteiger partial charge in [-0.2, -0.15) is 0 Å². The lowest BCUT2D eigenvalue weighted by molar-refractivity contribution is 0.187. The average molecular weight is 444 g/mol. The quantitative estimate of drug-likeness (QED) is 0.569. The number of aliphatic hydroxyl groups is 1. The molecule has 0 saturated carbocycles. The summed E-state index contributed by atoms with van der Waals surface area (Å²) in [7, 11) is -3.66. The van der Waals surface area contributed by atoms with Crippen LogP contribution in [-0.4, -0.2) is 21.5 Å². The lowest BCUT2D eigenvalue weighted by Crippen LogP contribution is -2.34. The molecule has 18 heavy (non-hydrogen) atoms. The van der Waals surface area contributed by atoms with Gasteiger partial charge in [0, 0.05) is 15.6 Å². The molecule has 0 amide bonds. The van der Waals surface area contributed by atoms with Gasteiger partial charge in [-0.25, -0.2) is 8.42 Å². The number of benzene rings is 1. The van der Waals surface area contributed by atoms with Crippen LogP contribution in [0.5, 0.6) is 0 Å². The van der Waals surface area contributed by atoms with Crippen molar-refractivity contribution in [3.05, 3.63) is 33.8 Å². The molecular formula is C10H10Cl3IO3S. The summed E-state index contributed by atoms with van der Waals surface area (Å²) in [4.78, 5) is 0. The average Bonchev–Trinajstić information content (AvgIpc) is 2.28. The molecule has 0 saturated heterocycles. The molecule has 1 aromatic rings. The minimum Gasteiger partial charge on any atom is -0.385 e. The van der Waals surface area contributed by atoms with Crippen LogP contribution in [0, 0.1) is 0 Å². The smallest absolute Gasteiger partial charge is 0.225 e. The van der Waals surface area contributed by atoms with Crippen molar-refractivity contribution in [1.29, 1.82) is 0 Å². The van der Waals surface area contributed by atoms with E-state index in [1.165, 1.54) is 47.7 Å². The van der Waals surface area contributed by atoms with E-state index in [9.17, 15) is 13.5 Å². The highest BCUT2D eigenvalue weighted by Crippen LogP contribution is 2.45. The highest BCUT2D eigenvalue weighted by Gasteiger charge is 2.46. The standard InChI is InChI=1S/C10H10Cl3IO3S/c1-2-18(16,17)10(13,14)9(15)7-4-3-6(11)5-8(7)12/h3-5,9,15H,2H2,1H3/t9-,10-/m0/s1. The normalized spacial score (nSPS) is 17.2. The van der Waals surface area contributed by atoms with Gasteiger partial charge in [0.05, 0.1) is 5.75 Å². The molecule has 0 heterocycles. The molecule has 0 unspecified atom stereocenters. The third-order valence-corrected chi connectivity index (χ3v) is 8.26. The molecule has 0 radical (unpaired) electrons. The van der Waals surface area contributed by atoms with Crippen LogP contribution in [0.4, 0.5) is 0 Å². The first kappa shape index (κ1) is 16.8. The first-order chi connectivity index (χ1) is 8.13. The monoisotopic (exact) mass is 442 g/mol. The Bertz CT molecular complexity index is 545. The summed E-state index contributed by atoms with van der Waals surface area (Å²) in [5.41, 5.74) is 0.225. The van der Waals surface area contributed by atoms with Crippen molar-refractivity contribution in [2.75, 3.05) is 5.75 Å². The number of sulfone groups is 1. The Hall–Kier alpha value is 0.730. The molecule has 0 aliphatic heterocycles. The highest BCUT2D eigenvalue weighted by atomic mass is 127. The zero-order valence-electron chi connectivity index (χ0n) is 9.20. The number of hydrogen-bond acceptors (Lipinski definition) is 3. The van der Waals surface area contributed by atoms with E-state index in [1.807, 2.05) is 0 Å². The lowest BCUT2D eigenvalue weighted by atomic mass is 10.1. The van der Waals surface area contributed by atoms with E-state index < -0.39 is 18.2 Å². The van der Waals surface area contributed by atoms with Crippen molar-refractivity contribution in [2.24, 2.45) is 0 Å². The Morgan fingerprint density at radius 2 is 2.00 bits per heavy atom.